The van der Waals surface area contributed by atoms with E-state index in [0.717, 1.165) is 17.0 Å². The second-order valence-corrected chi connectivity index (χ2v) is 23.5. The zero-order chi connectivity index (χ0) is 67.6. The quantitative estimate of drug-likeness (QED) is 0.0307. The van der Waals surface area contributed by atoms with Gasteiger partial charge in [-0.3, -0.25) is 52.8 Å². The molecular weight excluding hydrogens is 1290 g/mol. The van der Waals surface area contributed by atoms with E-state index >= 15 is 0 Å². The van der Waals surface area contributed by atoms with Crippen LogP contribution in [0, 0.1) is 17.8 Å². The van der Waals surface area contributed by atoms with Crippen LogP contribution in [-0.4, -0.2) is 214 Å². The fourth-order valence-corrected chi connectivity index (χ4v) is 11.1. The molecule has 9 N–H and O–H groups in total. The molecule has 4 rings (SSSR count). The molecule has 0 saturated carbocycles. The molecule has 90 heavy (non-hydrogen) atoms. The standard InChI is InChI=1S/C42H70N8O10.C17H19Br2N5O3.C3H8/c1-11-27(4)39(49(8)37(56)23-45-42(58)38(26(2)3)48(6)7)33(59-9)20-36(55)50-18-12-13-32(50)40(60-10)28(5)41(57)47-31(24-51)19-29-14-16-30(17-15-29)46-35(54)22-44-34(53)21-43-25-52;1-2-20-15(25)8-21-16(26)9-22-17(27)10-3-4-11-12(5-10)24-14(7-19)13(6-18)23-11;1-3-2/h14-17,25-28,31-33,38-40,51H,11-13,18-24H2,1-10H3,(H,43,52)(H,44,53)(H,45,58)(H,46,54)(H,47,57);3-5H,2,6-9H2,1H3,(H,20,25)(H,21,26)(H,22,27);3H2,1-2H3. The third kappa shape index (κ3) is 26.2. The third-order valence-electron chi connectivity index (χ3n) is 14.8. The average Bonchev–Trinajstić information content (AvgIpc) is 1.42. The highest BCUT2D eigenvalue weighted by Gasteiger charge is 2.42. The molecule has 26 nitrogen and oxygen atoms in total. The summed E-state index contributed by atoms with van der Waals surface area (Å²) in [6.07, 6.45) is 2.67. The maximum atomic E-state index is 14.1. The van der Waals surface area contributed by atoms with Crippen LogP contribution in [0.1, 0.15) is 115 Å². The molecule has 3 aromatic rings. The number of rotatable bonds is 34. The number of anilines is 1. The van der Waals surface area contributed by atoms with Gasteiger partial charge in [0.2, 0.25) is 53.7 Å². The number of carbonyl (C=O) groups is 10. The summed E-state index contributed by atoms with van der Waals surface area (Å²) in [5.74, 6) is -3.85. The number of ether oxygens (including phenoxy) is 2. The van der Waals surface area contributed by atoms with E-state index in [0.29, 0.717) is 78.1 Å². The Bertz CT molecular complexity index is 2790. The van der Waals surface area contributed by atoms with Crippen LogP contribution in [0.15, 0.2) is 42.5 Å². The lowest BCUT2D eigenvalue weighted by molar-refractivity contribution is -0.146. The van der Waals surface area contributed by atoms with E-state index in [-0.39, 0.29) is 87.1 Å². The van der Waals surface area contributed by atoms with Gasteiger partial charge >= 0.3 is 0 Å². The van der Waals surface area contributed by atoms with E-state index in [1.165, 1.54) is 20.6 Å². The molecular formula is C62H97Br2N13O13. The molecule has 0 spiro atoms. The van der Waals surface area contributed by atoms with E-state index < -0.39 is 65.9 Å². The average molecular weight is 1390 g/mol. The minimum atomic E-state index is -0.692. The molecule has 0 radical (unpaired) electrons. The first-order valence-electron chi connectivity index (χ1n) is 30.3. The van der Waals surface area contributed by atoms with E-state index in [2.05, 4.69) is 98.2 Å². The minimum absolute atomic E-state index is 0.00906. The number of likely N-dealkylation sites (tertiary alicyclic amines) is 1. The zero-order valence-corrected chi connectivity index (χ0v) is 57.6. The Balaban J connectivity index is 0.000000759. The summed E-state index contributed by atoms with van der Waals surface area (Å²) in [5, 5.41) is 31.8. The highest BCUT2D eigenvalue weighted by atomic mass is 79.9. The summed E-state index contributed by atoms with van der Waals surface area (Å²) >= 11 is 6.77. The molecule has 8 unspecified atom stereocenters. The molecule has 1 aliphatic heterocycles. The maximum absolute atomic E-state index is 14.1. The smallest absolute Gasteiger partial charge is 0.251 e. The Labute approximate surface area is 546 Å². The number of fused-ring (bicyclic) bond motifs is 1. The van der Waals surface area contributed by atoms with E-state index in [1.54, 1.807) is 73.2 Å². The van der Waals surface area contributed by atoms with Crippen molar-refractivity contribution in [1.29, 1.82) is 0 Å². The number of aliphatic hydroxyl groups excluding tert-OH is 1. The van der Waals surface area contributed by atoms with Crippen LogP contribution in [0.2, 0.25) is 0 Å². The van der Waals surface area contributed by atoms with Gasteiger partial charge < -0.3 is 66.9 Å². The number of amides is 10. The first kappa shape index (κ1) is 79.4. The van der Waals surface area contributed by atoms with Crippen LogP contribution >= 0.6 is 31.9 Å². The highest BCUT2D eigenvalue weighted by Crippen LogP contribution is 2.30. The fraction of sp³-hybridized carbons (Fsp3) is 0.613. The van der Waals surface area contributed by atoms with Gasteiger partial charge in [0.25, 0.3) is 5.91 Å². The van der Waals surface area contributed by atoms with Crippen LogP contribution in [0.5, 0.6) is 0 Å². The molecule has 1 aromatic heterocycles. The first-order valence-corrected chi connectivity index (χ1v) is 32.6. The lowest BCUT2D eigenvalue weighted by Gasteiger charge is -2.39. The van der Waals surface area contributed by atoms with Crippen molar-refractivity contribution < 1.29 is 62.5 Å². The van der Waals surface area contributed by atoms with Gasteiger partial charge in [0.05, 0.1) is 110 Å². The summed E-state index contributed by atoms with van der Waals surface area (Å²) in [6.45, 7) is 15.2. The van der Waals surface area contributed by atoms with Crippen LogP contribution < -0.4 is 42.5 Å². The molecule has 1 aliphatic rings. The third-order valence-corrected chi connectivity index (χ3v) is 15.9. The number of halogens is 2. The summed E-state index contributed by atoms with van der Waals surface area (Å²) in [4.78, 5) is 138. The van der Waals surface area contributed by atoms with E-state index in [4.69, 9.17) is 9.47 Å². The van der Waals surface area contributed by atoms with Crippen LogP contribution in [-0.2, 0) is 69.7 Å². The molecule has 0 aliphatic carbocycles. The van der Waals surface area contributed by atoms with Crippen LogP contribution in [0.3, 0.4) is 0 Å². The Kier molecular flexibility index (Phi) is 37.4. The molecule has 1 saturated heterocycles. The van der Waals surface area contributed by atoms with Gasteiger partial charge in [-0.1, -0.05) is 105 Å². The van der Waals surface area contributed by atoms with Gasteiger partial charge in [0.15, 0.2) is 0 Å². The molecule has 2 aromatic carbocycles. The number of hydrogen-bond acceptors (Lipinski definition) is 16. The predicted molar refractivity (Wildman–Crippen MR) is 351 cm³/mol. The monoisotopic (exact) mass is 1390 g/mol. The predicted octanol–water partition coefficient (Wildman–Crippen LogP) is 2.95. The number of carbonyl (C=O) groups excluding carboxylic acids is 10. The van der Waals surface area contributed by atoms with Gasteiger partial charge in [0.1, 0.15) is 0 Å². The topological polar surface area (TPSA) is 341 Å². The number of benzene rings is 2. The van der Waals surface area contributed by atoms with Crippen LogP contribution in [0.4, 0.5) is 5.69 Å². The van der Waals surface area contributed by atoms with E-state index in [9.17, 15) is 53.1 Å². The molecule has 0 bridgehead atoms. The Hall–Kier alpha value is -6.72. The maximum Gasteiger partial charge on any atom is 0.251 e. The summed E-state index contributed by atoms with van der Waals surface area (Å²) in [5.41, 5.74) is 4.55. The second-order valence-electron chi connectivity index (χ2n) is 22.3. The van der Waals surface area contributed by atoms with Gasteiger partial charge in [-0.05, 0) is 88.0 Å². The molecule has 8 atom stereocenters. The second kappa shape index (κ2) is 42.4. The van der Waals surface area contributed by atoms with Gasteiger partial charge in [-0.15, -0.1) is 0 Å². The van der Waals surface area contributed by atoms with Crippen molar-refractivity contribution in [2.75, 3.05) is 93.1 Å². The van der Waals surface area contributed by atoms with Gasteiger partial charge in [-0.25, -0.2) is 9.97 Å². The van der Waals surface area contributed by atoms with Crippen molar-refractivity contribution in [1.82, 2.24) is 61.9 Å². The van der Waals surface area contributed by atoms with Crippen molar-refractivity contribution in [3.8, 4) is 0 Å². The van der Waals surface area contributed by atoms with Crippen molar-refractivity contribution in [3.05, 3.63) is 65.0 Å². The summed E-state index contributed by atoms with van der Waals surface area (Å²) in [7, 11) is 8.36. The summed E-state index contributed by atoms with van der Waals surface area (Å²) in [6, 6.07) is 9.92. The molecule has 28 heteroatoms. The highest BCUT2D eigenvalue weighted by molar-refractivity contribution is 9.09. The first-order chi connectivity index (χ1) is 42.8. The Morgan fingerprint density at radius 3 is 1.88 bits per heavy atom. The fourth-order valence-electron chi connectivity index (χ4n) is 10.2. The minimum Gasteiger partial charge on any atom is -0.394 e. The Morgan fingerprint density at radius 1 is 0.744 bits per heavy atom. The molecule has 502 valence electrons. The number of alkyl halides is 2. The van der Waals surface area contributed by atoms with E-state index in [1.807, 2.05) is 46.7 Å². The SMILES string of the molecule is CCC.CCC(C)C(C(CC(=O)N1CCCC1C(OC)C(C)C(=O)NC(CO)Cc1ccc(NC(=O)CNC(=O)CNC=O)cc1)OC)N(C)C(=O)CNC(=O)C(C(C)C)N(C)C.CCNC(=O)CNC(=O)CNC(=O)c1ccc2nc(CBr)c(CBr)nc2c1. The number of aromatic nitrogens is 2. The number of aliphatic hydroxyl groups is 1. The van der Waals surface area contributed by atoms with Crippen molar-refractivity contribution in [2.45, 2.75) is 141 Å². The number of hydrogen-bond donors (Lipinski definition) is 9. The van der Waals surface area contributed by atoms with Crippen LogP contribution in [0.25, 0.3) is 11.0 Å². The van der Waals surface area contributed by atoms with Crippen molar-refractivity contribution in [3.63, 3.8) is 0 Å². The molecule has 10 amide bonds. The normalized spacial score (nSPS) is 15.0. The van der Waals surface area contributed by atoms with Gasteiger partial charge in [0, 0.05) is 56.3 Å². The number of methoxy groups -OCH3 is 2. The summed E-state index contributed by atoms with van der Waals surface area (Å²) < 4.78 is 11.8. The zero-order valence-electron chi connectivity index (χ0n) is 54.5. The lowest BCUT2D eigenvalue weighted by atomic mass is 9.90. The Morgan fingerprint density at radius 2 is 1.33 bits per heavy atom. The lowest BCUT2D eigenvalue weighted by Crippen LogP contribution is -2.55. The number of likely N-dealkylation sites (N-methyl/N-ethyl adjacent to an activating group) is 3. The largest absolute Gasteiger partial charge is 0.394 e. The number of nitrogens with one attached hydrogen (secondary N) is 8. The molecule has 2 heterocycles. The van der Waals surface area contributed by atoms with Gasteiger partial charge in [-0.2, -0.15) is 0 Å². The number of nitrogens with zero attached hydrogens (tertiary/aromatic N) is 5. The van der Waals surface area contributed by atoms with Crippen molar-refractivity contribution in [2.24, 2.45) is 17.8 Å². The van der Waals surface area contributed by atoms with Crippen molar-refractivity contribution >= 4 is 108 Å². The molecule has 1 fully saturated rings.